The number of benzene rings is 1. The number of carbonyl (C=O) groups is 1. The van der Waals surface area contributed by atoms with Crippen molar-refractivity contribution in [2.24, 2.45) is 5.92 Å². The quantitative estimate of drug-likeness (QED) is 0.876. The van der Waals surface area contributed by atoms with Crippen molar-refractivity contribution in [1.82, 2.24) is 4.90 Å². The van der Waals surface area contributed by atoms with Gasteiger partial charge < -0.3 is 19.8 Å². The summed E-state index contributed by atoms with van der Waals surface area (Å²) in [6.07, 6.45) is -2.16. The number of amides is 1. The fourth-order valence-electron chi connectivity index (χ4n) is 2.72. The van der Waals surface area contributed by atoms with Crippen LogP contribution >= 0.6 is 0 Å². The molecule has 1 aliphatic heterocycles. The maximum Gasteiger partial charge on any atom is 0.410 e. The first kappa shape index (κ1) is 17.7. The van der Waals surface area contributed by atoms with Crippen LogP contribution in [0.1, 0.15) is 38.9 Å². The average molecular weight is 325 g/mol. The molecule has 3 atom stereocenters. The van der Waals surface area contributed by atoms with Crippen LogP contribution in [0.15, 0.2) is 24.3 Å². The molecule has 3 unspecified atom stereocenters. The molecule has 0 bridgehead atoms. The van der Waals surface area contributed by atoms with Crippen molar-refractivity contribution in [3.8, 4) is 0 Å². The van der Waals surface area contributed by atoms with E-state index in [2.05, 4.69) is 0 Å². The Morgan fingerprint density at radius 2 is 2.04 bits per heavy atom. The van der Waals surface area contributed by atoms with Gasteiger partial charge in [-0.3, -0.25) is 0 Å². The van der Waals surface area contributed by atoms with E-state index in [0.717, 1.165) is 0 Å². The maximum absolute atomic E-state index is 13.9. The van der Waals surface area contributed by atoms with Gasteiger partial charge in [-0.15, -0.1) is 0 Å². The van der Waals surface area contributed by atoms with E-state index in [1.807, 2.05) is 0 Å². The molecule has 1 saturated heterocycles. The Bertz CT molecular complexity index is 558. The summed E-state index contributed by atoms with van der Waals surface area (Å²) in [7, 11) is 0. The van der Waals surface area contributed by atoms with Crippen molar-refractivity contribution in [2.45, 2.75) is 45.0 Å². The fourth-order valence-corrected chi connectivity index (χ4v) is 2.72. The fraction of sp³-hybridized carbons (Fsp3) is 0.588. The van der Waals surface area contributed by atoms with Crippen molar-refractivity contribution < 1.29 is 24.1 Å². The number of aliphatic hydroxyl groups excluding tert-OH is 2. The highest BCUT2D eigenvalue weighted by molar-refractivity contribution is 5.68. The van der Waals surface area contributed by atoms with E-state index in [9.17, 15) is 19.4 Å². The smallest absolute Gasteiger partial charge is 0.410 e. The van der Waals surface area contributed by atoms with Crippen molar-refractivity contribution in [3.05, 3.63) is 35.6 Å². The summed E-state index contributed by atoms with van der Waals surface area (Å²) in [5, 5.41) is 20.6. The van der Waals surface area contributed by atoms with Gasteiger partial charge in [0.05, 0.1) is 12.2 Å². The third-order valence-electron chi connectivity index (χ3n) is 3.90. The highest BCUT2D eigenvalue weighted by Crippen LogP contribution is 2.32. The van der Waals surface area contributed by atoms with Gasteiger partial charge in [0.15, 0.2) is 0 Å². The van der Waals surface area contributed by atoms with Crippen molar-refractivity contribution >= 4 is 6.09 Å². The van der Waals surface area contributed by atoms with Gasteiger partial charge in [-0.05, 0) is 33.3 Å². The standard InChI is InChI=1S/C17H24FNO4/c1-17(2,3)23-16(22)19-9-8-14(20)12(10-19)15(21)11-6-4-5-7-13(11)18/h4-7,12,14-15,20-21H,8-10H2,1-3H3. The lowest BCUT2D eigenvalue weighted by Crippen LogP contribution is -2.49. The minimum atomic E-state index is -1.18. The number of hydrogen-bond acceptors (Lipinski definition) is 4. The lowest BCUT2D eigenvalue weighted by Gasteiger charge is -2.39. The van der Waals surface area contributed by atoms with Crippen molar-refractivity contribution in [1.29, 1.82) is 0 Å². The summed E-state index contributed by atoms with van der Waals surface area (Å²) in [5.41, 5.74) is -0.491. The monoisotopic (exact) mass is 325 g/mol. The molecule has 0 spiro atoms. The lowest BCUT2D eigenvalue weighted by molar-refractivity contribution is -0.0479. The van der Waals surface area contributed by atoms with Crippen LogP contribution in [0.25, 0.3) is 0 Å². The van der Waals surface area contributed by atoms with E-state index in [1.54, 1.807) is 26.8 Å². The molecule has 0 aliphatic carbocycles. The largest absolute Gasteiger partial charge is 0.444 e. The number of nitrogens with zero attached hydrogens (tertiary/aromatic N) is 1. The maximum atomic E-state index is 13.9. The number of aliphatic hydroxyl groups is 2. The number of likely N-dealkylation sites (tertiary alicyclic amines) is 1. The second-order valence-electron chi connectivity index (χ2n) is 6.91. The van der Waals surface area contributed by atoms with E-state index in [4.69, 9.17) is 4.74 Å². The molecule has 2 rings (SSSR count). The Balaban J connectivity index is 2.12. The Labute approximate surface area is 135 Å². The normalized spacial score (nSPS) is 23.5. The summed E-state index contributed by atoms with van der Waals surface area (Å²) in [4.78, 5) is 13.6. The molecule has 5 nitrogen and oxygen atoms in total. The summed E-state index contributed by atoms with van der Waals surface area (Å²) in [5.74, 6) is -1.19. The number of hydrogen-bond donors (Lipinski definition) is 2. The van der Waals surface area contributed by atoms with Crippen LogP contribution in [0.5, 0.6) is 0 Å². The molecule has 1 amide bonds. The molecule has 0 saturated carbocycles. The van der Waals surface area contributed by atoms with Crippen LogP contribution in [0.2, 0.25) is 0 Å². The van der Waals surface area contributed by atoms with Gasteiger partial charge in [0.25, 0.3) is 0 Å². The zero-order valence-corrected chi connectivity index (χ0v) is 13.7. The molecule has 2 N–H and O–H groups in total. The number of carbonyl (C=O) groups excluding carboxylic acids is 1. The molecule has 1 aromatic rings. The molecule has 0 aromatic heterocycles. The van der Waals surface area contributed by atoms with Gasteiger partial charge in [0.1, 0.15) is 11.4 Å². The van der Waals surface area contributed by atoms with Crippen LogP contribution in [0, 0.1) is 11.7 Å². The lowest BCUT2D eigenvalue weighted by atomic mass is 9.86. The van der Waals surface area contributed by atoms with Gasteiger partial charge in [0.2, 0.25) is 0 Å². The van der Waals surface area contributed by atoms with Gasteiger partial charge in [0, 0.05) is 24.6 Å². The van der Waals surface area contributed by atoms with Crippen LogP contribution in [-0.2, 0) is 4.74 Å². The first-order chi connectivity index (χ1) is 10.7. The highest BCUT2D eigenvalue weighted by Gasteiger charge is 2.37. The zero-order valence-electron chi connectivity index (χ0n) is 13.7. The Hall–Kier alpha value is -1.66. The average Bonchev–Trinajstić information content (AvgIpc) is 2.45. The summed E-state index contributed by atoms with van der Waals surface area (Å²) in [6, 6.07) is 5.91. The van der Waals surface area contributed by atoms with Gasteiger partial charge in [-0.2, -0.15) is 0 Å². The van der Waals surface area contributed by atoms with E-state index in [0.29, 0.717) is 13.0 Å². The number of ether oxygens (including phenoxy) is 1. The first-order valence-corrected chi connectivity index (χ1v) is 7.77. The summed E-state index contributed by atoms with van der Waals surface area (Å²) in [6.45, 7) is 5.78. The summed E-state index contributed by atoms with van der Waals surface area (Å²) < 4.78 is 19.2. The van der Waals surface area contributed by atoms with Crippen molar-refractivity contribution in [3.63, 3.8) is 0 Å². The Morgan fingerprint density at radius 3 is 2.65 bits per heavy atom. The number of piperidine rings is 1. The third-order valence-corrected chi connectivity index (χ3v) is 3.90. The topological polar surface area (TPSA) is 70.0 Å². The van der Waals surface area contributed by atoms with E-state index in [1.165, 1.54) is 23.1 Å². The second kappa shape index (κ2) is 6.84. The minimum Gasteiger partial charge on any atom is -0.444 e. The molecule has 0 radical (unpaired) electrons. The highest BCUT2D eigenvalue weighted by atomic mass is 19.1. The molecule has 6 heteroatoms. The molecular formula is C17H24FNO4. The van der Waals surface area contributed by atoms with E-state index in [-0.39, 0.29) is 12.1 Å². The van der Waals surface area contributed by atoms with E-state index >= 15 is 0 Å². The first-order valence-electron chi connectivity index (χ1n) is 7.77. The predicted molar refractivity (Wildman–Crippen MR) is 83.3 cm³/mol. The SMILES string of the molecule is CC(C)(C)OC(=O)N1CCC(O)C(C(O)c2ccccc2F)C1. The number of halogens is 1. The van der Waals surface area contributed by atoms with Crippen LogP contribution in [-0.4, -0.2) is 46.0 Å². The molecular weight excluding hydrogens is 301 g/mol. The molecule has 1 aliphatic rings. The molecule has 23 heavy (non-hydrogen) atoms. The van der Waals surface area contributed by atoms with Gasteiger partial charge in [-0.1, -0.05) is 18.2 Å². The Morgan fingerprint density at radius 1 is 1.39 bits per heavy atom. The minimum absolute atomic E-state index is 0.117. The molecule has 1 heterocycles. The predicted octanol–water partition coefficient (Wildman–Crippen LogP) is 2.48. The molecule has 1 aromatic carbocycles. The van der Waals surface area contributed by atoms with Crippen LogP contribution in [0.3, 0.4) is 0 Å². The Kier molecular flexibility index (Phi) is 5.26. The van der Waals surface area contributed by atoms with E-state index < -0.39 is 35.6 Å². The second-order valence-corrected chi connectivity index (χ2v) is 6.91. The van der Waals surface area contributed by atoms with Crippen molar-refractivity contribution in [2.75, 3.05) is 13.1 Å². The third kappa shape index (κ3) is 4.42. The zero-order chi connectivity index (χ0) is 17.2. The van der Waals surface area contributed by atoms with Gasteiger partial charge in [-0.25, -0.2) is 9.18 Å². The van der Waals surface area contributed by atoms with Gasteiger partial charge >= 0.3 is 6.09 Å². The number of rotatable bonds is 2. The molecule has 1 fully saturated rings. The molecule has 128 valence electrons. The van der Waals surface area contributed by atoms with Crippen LogP contribution < -0.4 is 0 Å². The van der Waals surface area contributed by atoms with Crippen LogP contribution in [0.4, 0.5) is 9.18 Å². The summed E-state index contributed by atoms with van der Waals surface area (Å²) >= 11 is 0.